The van der Waals surface area contributed by atoms with Crippen LogP contribution in [0, 0.1) is 5.82 Å². The van der Waals surface area contributed by atoms with Crippen molar-refractivity contribution in [3.05, 3.63) is 95.3 Å². The molecule has 3 heterocycles. The lowest BCUT2D eigenvalue weighted by molar-refractivity contribution is 0.0562. The number of amides is 1. The third kappa shape index (κ3) is 4.06. The highest BCUT2D eigenvalue weighted by Gasteiger charge is 2.39. The van der Waals surface area contributed by atoms with Gasteiger partial charge in [-0.1, -0.05) is 37.3 Å². The molecular formula is C29H32FN3O2. The van der Waals surface area contributed by atoms with Crippen LogP contribution in [0.3, 0.4) is 0 Å². The molecule has 2 atom stereocenters. The Balaban J connectivity index is 1.55. The molecule has 2 aromatic heterocycles. The third-order valence-electron chi connectivity index (χ3n) is 7.79. The minimum Gasteiger partial charge on any atom is -0.459 e. The van der Waals surface area contributed by atoms with Gasteiger partial charge in [0.15, 0.2) is 5.76 Å². The smallest absolute Gasteiger partial charge is 0.290 e. The van der Waals surface area contributed by atoms with E-state index >= 15 is 0 Å². The molecule has 1 N–H and O–H groups in total. The topological polar surface area (TPSA) is 52.5 Å². The van der Waals surface area contributed by atoms with Crippen molar-refractivity contribution >= 4 is 16.8 Å². The van der Waals surface area contributed by atoms with Crippen LogP contribution in [0.5, 0.6) is 0 Å². The van der Waals surface area contributed by atoms with Gasteiger partial charge in [0.1, 0.15) is 5.82 Å². The van der Waals surface area contributed by atoms with E-state index in [1.54, 1.807) is 30.5 Å². The molecule has 0 aliphatic carbocycles. The lowest BCUT2D eigenvalue weighted by Crippen LogP contribution is -2.44. The van der Waals surface area contributed by atoms with Gasteiger partial charge in [-0.05, 0) is 81.2 Å². The Kier molecular flexibility index (Phi) is 6.24. The first-order valence-electron chi connectivity index (χ1n) is 12.3. The average Bonchev–Trinajstić information content (AvgIpc) is 3.52. The molecule has 2 aromatic carbocycles. The summed E-state index contributed by atoms with van der Waals surface area (Å²) in [5.41, 5.74) is 4.08. The standard InChI is InChI=1S/C29H32FN3O2/c1-4-29(32(2)3,20-9-7-10-21(30)19-20)16-14-25-27-23(22-11-5-6-12-24(22)31-27)15-17-33(25)28(34)26-13-8-18-35-26/h5-13,18-19,25,31H,4,14-17H2,1-3H3. The fourth-order valence-electron chi connectivity index (χ4n) is 5.88. The Bertz CT molecular complexity index is 1330. The molecule has 5 nitrogen and oxygen atoms in total. The van der Waals surface area contributed by atoms with Crippen LogP contribution in [-0.4, -0.2) is 41.3 Å². The number of aromatic nitrogens is 1. The molecule has 182 valence electrons. The van der Waals surface area contributed by atoms with Gasteiger partial charge in [0.25, 0.3) is 5.91 Å². The Morgan fingerprint density at radius 3 is 2.71 bits per heavy atom. The van der Waals surface area contributed by atoms with Crippen molar-refractivity contribution < 1.29 is 13.6 Å². The molecule has 0 saturated carbocycles. The van der Waals surface area contributed by atoms with Crippen molar-refractivity contribution in [1.82, 2.24) is 14.8 Å². The van der Waals surface area contributed by atoms with Crippen molar-refractivity contribution in [1.29, 1.82) is 0 Å². The number of nitrogens with one attached hydrogen (secondary N) is 1. The predicted octanol–water partition coefficient (Wildman–Crippen LogP) is 6.29. The molecular weight excluding hydrogens is 441 g/mol. The zero-order valence-electron chi connectivity index (χ0n) is 20.6. The van der Waals surface area contributed by atoms with Crippen LogP contribution in [0.1, 0.15) is 59.6 Å². The molecule has 1 amide bonds. The van der Waals surface area contributed by atoms with E-state index in [4.69, 9.17) is 4.42 Å². The first-order chi connectivity index (χ1) is 16.9. The summed E-state index contributed by atoms with van der Waals surface area (Å²) in [6.07, 6.45) is 4.65. The van der Waals surface area contributed by atoms with E-state index < -0.39 is 0 Å². The largest absolute Gasteiger partial charge is 0.459 e. The number of nitrogens with zero attached hydrogens (tertiary/aromatic N) is 2. The van der Waals surface area contributed by atoms with Crippen molar-refractivity contribution in [2.45, 2.75) is 44.2 Å². The fourth-order valence-corrected chi connectivity index (χ4v) is 5.88. The number of hydrogen-bond acceptors (Lipinski definition) is 3. The van der Waals surface area contributed by atoms with Crippen LogP contribution in [0.4, 0.5) is 4.39 Å². The van der Waals surface area contributed by atoms with Crippen molar-refractivity contribution in [2.75, 3.05) is 20.6 Å². The number of para-hydroxylation sites is 1. The number of hydrogen-bond donors (Lipinski definition) is 1. The normalized spacial score (nSPS) is 17.5. The highest BCUT2D eigenvalue weighted by molar-refractivity contribution is 5.93. The quantitative estimate of drug-likeness (QED) is 0.343. The van der Waals surface area contributed by atoms with Crippen molar-refractivity contribution in [3.63, 3.8) is 0 Å². The Labute approximate surface area is 205 Å². The van der Waals surface area contributed by atoms with Gasteiger partial charge >= 0.3 is 0 Å². The van der Waals surface area contributed by atoms with E-state index in [0.717, 1.165) is 42.5 Å². The van der Waals surface area contributed by atoms with Crippen LogP contribution < -0.4 is 0 Å². The molecule has 0 bridgehead atoms. The lowest BCUT2D eigenvalue weighted by Gasteiger charge is -2.43. The minimum absolute atomic E-state index is 0.0954. The molecule has 0 radical (unpaired) electrons. The van der Waals surface area contributed by atoms with Gasteiger partial charge in [-0.15, -0.1) is 0 Å². The van der Waals surface area contributed by atoms with Crippen LogP contribution >= 0.6 is 0 Å². The molecule has 0 fully saturated rings. The molecule has 0 spiro atoms. The lowest BCUT2D eigenvalue weighted by atomic mass is 9.79. The number of furan rings is 1. The van der Waals surface area contributed by atoms with E-state index in [1.165, 1.54) is 17.0 Å². The summed E-state index contributed by atoms with van der Waals surface area (Å²) in [6, 6.07) is 18.6. The van der Waals surface area contributed by atoms with Gasteiger partial charge in [-0.2, -0.15) is 0 Å². The van der Waals surface area contributed by atoms with Crippen LogP contribution in [0.15, 0.2) is 71.3 Å². The van der Waals surface area contributed by atoms with E-state index in [1.807, 2.05) is 17.0 Å². The Morgan fingerprint density at radius 2 is 2.00 bits per heavy atom. The highest BCUT2D eigenvalue weighted by atomic mass is 19.1. The van der Waals surface area contributed by atoms with E-state index in [2.05, 4.69) is 49.1 Å². The number of carbonyl (C=O) groups is 1. The summed E-state index contributed by atoms with van der Waals surface area (Å²) in [4.78, 5) is 21.3. The molecule has 5 rings (SSSR count). The second-order valence-corrected chi connectivity index (χ2v) is 9.63. The van der Waals surface area contributed by atoms with E-state index in [-0.39, 0.29) is 23.3 Å². The first-order valence-corrected chi connectivity index (χ1v) is 12.3. The van der Waals surface area contributed by atoms with Crippen LogP contribution in [-0.2, 0) is 12.0 Å². The number of H-pyrrole nitrogens is 1. The summed E-state index contributed by atoms with van der Waals surface area (Å²) < 4.78 is 19.7. The maximum absolute atomic E-state index is 14.2. The summed E-state index contributed by atoms with van der Waals surface area (Å²) >= 11 is 0. The Hall–Kier alpha value is -3.38. The number of halogens is 1. The SMILES string of the molecule is CCC(CCC1c2[nH]c3ccccc3c2CCN1C(=O)c1ccco1)(c1cccc(F)c1)N(C)C. The minimum atomic E-state index is -0.356. The predicted molar refractivity (Wildman–Crippen MR) is 136 cm³/mol. The van der Waals surface area contributed by atoms with Crippen LogP contribution in [0.2, 0.25) is 0 Å². The molecule has 1 aliphatic heterocycles. The number of benzene rings is 2. The summed E-state index contributed by atoms with van der Waals surface area (Å²) in [5, 5.41) is 1.22. The van der Waals surface area contributed by atoms with Gasteiger partial charge in [0.2, 0.25) is 0 Å². The zero-order chi connectivity index (χ0) is 24.6. The molecule has 35 heavy (non-hydrogen) atoms. The van der Waals surface area contributed by atoms with E-state index in [9.17, 15) is 9.18 Å². The molecule has 0 saturated heterocycles. The monoisotopic (exact) mass is 473 g/mol. The Morgan fingerprint density at radius 1 is 1.17 bits per heavy atom. The van der Waals surface area contributed by atoms with Crippen LogP contribution in [0.25, 0.3) is 10.9 Å². The van der Waals surface area contributed by atoms with Gasteiger partial charge in [-0.25, -0.2) is 4.39 Å². The fraction of sp³-hybridized carbons (Fsp3) is 0.345. The van der Waals surface area contributed by atoms with Gasteiger partial charge in [0.05, 0.1) is 12.3 Å². The molecule has 2 unspecified atom stereocenters. The maximum Gasteiger partial charge on any atom is 0.290 e. The highest BCUT2D eigenvalue weighted by Crippen LogP contribution is 2.42. The molecule has 4 aromatic rings. The molecule has 1 aliphatic rings. The van der Waals surface area contributed by atoms with Crippen molar-refractivity contribution in [2.24, 2.45) is 0 Å². The van der Waals surface area contributed by atoms with Crippen molar-refractivity contribution in [3.8, 4) is 0 Å². The number of aromatic amines is 1. The first kappa shape index (κ1) is 23.4. The number of fused-ring (bicyclic) bond motifs is 3. The summed E-state index contributed by atoms with van der Waals surface area (Å²) in [7, 11) is 4.10. The zero-order valence-corrected chi connectivity index (χ0v) is 20.6. The van der Waals surface area contributed by atoms with E-state index in [0.29, 0.717) is 12.3 Å². The van der Waals surface area contributed by atoms with Gasteiger partial charge < -0.3 is 14.3 Å². The van der Waals surface area contributed by atoms with Gasteiger partial charge in [0, 0.05) is 28.7 Å². The number of carbonyl (C=O) groups excluding carboxylic acids is 1. The maximum atomic E-state index is 14.2. The van der Waals surface area contributed by atoms with Gasteiger partial charge in [-0.3, -0.25) is 9.69 Å². The molecule has 6 heteroatoms. The second-order valence-electron chi connectivity index (χ2n) is 9.63. The summed E-state index contributed by atoms with van der Waals surface area (Å²) in [5.74, 6) is 0.0310. The third-order valence-corrected chi connectivity index (χ3v) is 7.79. The summed E-state index contributed by atoms with van der Waals surface area (Å²) in [6.45, 7) is 2.77. The number of rotatable bonds is 7. The second kappa shape index (κ2) is 9.34. The average molecular weight is 474 g/mol.